The maximum Gasteiger partial charge on any atom is 0.289 e. The highest BCUT2D eigenvalue weighted by Gasteiger charge is 2.21. The molecule has 0 N–H and O–H groups in total. The molecule has 8 heteroatoms. The number of aromatic nitrogens is 2. The second kappa shape index (κ2) is 8.55. The zero-order valence-electron chi connectivity index (χ0n) is 15.4. The molecule has 0 saturated carbocycles. The minimum Gasteiger partial charge on any atom is -0.455 e. The lowest BCUT2D eigenvalue weighted by molar-refractivity contribution is 0.0282. The van der Waals surface area contributed by atoms with E-state index in [1.54, 1.807) is 11.0 Å². The van der Waals surface area contributed by atoms with E-state index in [0.717, 1.165) is 23.7 Å². The number of hydrogen-bond acceptors (Lipinski definition) is 7. The number of ether oxygens (including phenoxy) is 1. The van der Waals surface area contributed by atoms with Gasteiger partial charge in [-0.05, 0) is 18.6 Å². The van der Waals surface area contributed by atoms with Crippen molar-refractivity contribution in [3.63, 3.8) is 0 Å². The third-order valence-electron chi connectivity index (χ3n) is 4.08. The largest absolute Gasteiger partial charge is 0.455 e. The van der Waals surface area contributed by atoms with Crippen molar-refractivity contribution in [1.82, 2.24) is 14.9 Å². The van der Waals surface area contributed by atoms with E-state index in [1.165, 1.54) is 11.8 Å². The summed E-state index contributed by atoms with van der Waals surface area (Å²) in [5, 5.41) is 0.713. The quantitative estimate of drug-likeness (QED) is 0.566. The first-order valence-electron chi connectivity index (χ1n) is 8.70. The zero-order chi connectivity index (χ0) is 18.5. The Hall–Kier alpha value is -2.06. The van der Waals surface area contributed by atoms with Gasteiger partial charge in [-0.25, -0.2) is 9.97 Å². The number of morpholine rings is 1. The predicted octanol–water partition coefficient (Wildman–Crippen LogP) is 2.46. The van der Waals surface area contributed by atoms with Crippen LogP contribution in [0.5, 0.6) is 0 Å². The van der Waals surface area contributed by atoms with Gasteiger partial charge in [0.05, 0.1) is 19.0 Å². The lowest BCUT2D eigenvalue weighted by atomic mass is 10.3. The van der Waals surface area contributed by atoms with E-state index < -0.39 is 0 Å². The molecule has 0 aliphatic carbocycles. The van der Waals surface area contributed by atoms with Gasteiger partial charge >= 0.3 is 0 Å². The van der Waals surface area contributed by atoms with Crippen molar-refractivity contribution >= 4 is 23.5 Å². The van der Waals surface area contributed by atoms with Crippen LogP contribution in [0.15, 0.2) is 27.8 Å². The SMILES string of the molecule is CCc1cc(N(C)C)nc(SCc2ccc(C(=O)N3CCOCC3)o2)n1. The summed E-state index contributed by atoms with van der Waals surface area (Å²) in [6.45, 7) is 4.44. The maximum atomic E-state index is 12.4. The van der Waals surface area contributed by atoms with E-state index in [9.17, 15) is 4.79 Å². The summed E-state index contributed by atoms with van der Waals surface area (Å²) in [6.07, 6.45) is 0.857. The molecule has 0 aromatic carbocycles. The molecule has 1 amide bonds. The van der Waals surface area contributed by atoms with Crippen LogP contribution in [0.4, 0.5) is 5.82 Å². The maximum absolute atomic E-state index is 12.4. The average Bonchev–Trinajstić information content (AvgIpc) is 3.15. The second-order valence-electron chi connectivity index (χ2n) is 6.21. The van der Waals surface area contributed by atoms with Crippen LogP contribution >= 0.6 is 11.8 Å². The van der Waals surface area contributed by atoms with Crippen LogP contribution in [-0.4, -0.2) is 61.2 Å². The van der Waals surface area contributed by atoms with Crippen molar-refractivity contribution in [1.29, 1.82) is 0 Å². The molecule has 3 rings (SSSR count). The van der Waals surface area contributed by atoms with Crippen LogP contribution in [-0.2, 0) is 16.9 Å². The number of anilines is 1. The Kier molecular flexibility index (Phi) is 6.16. The number of rotatable bonds is 6. The molecule has 0 radical (unpaired) electrons. The molecule has 7 nitrogen and oxygen atoms in total. The molecule has 140 valence electrons. The molecule has 26 heavy (non-hydrogen) atoms. The number of amides is 1. The Morgan fingerprint density at radius 3 is 2.73 bits per heavy atom. The van der Waals surface area contributed by atoms with Gasteiger partial charge in [0.1, 0.15) is 11.6 Å². The first-order valence-corrected chi connectivity index (χ1v) is 9.69. The van der Waals surface area contributed by atoms with Crippen molar-refractivity contribution in [2.45, 2.75) is 24.3 Å². The zero-order valence-corrected chi connectivity index (χ0v) is 16.2. The molecule has 1 aliphatic rings. The van der Waals surface area contributed by atoms with Crippen LogP contribution < -0.4 is 4.90 Å². The molecule has 2 aromatic heterocycles. The van der Waals surface area contributed by atoms with Gasteiger partial charge in [-0.1, -0.05) is 18.7 Å². The van der Waals surface area contributed by atoms with Crippen LogP contribution in [0.25, 0.3) is 0 Å². The summed E-state index contributed by atoms with van der Waals surface area (Å²) in [4.78, 5) is 25.3. The Balaban J connectivity index is 1.64. The van der Waals surface area contributed by atoms with E-state index in [0.29, 0.717) is 43.0 Å². The summed E-state index contributed by atoms with van der Waals surface area (Å²) >= 11 is 1.51. The minimum atomic E-state index is -0.0799. The summed E-state index contributed by atoms with van der Waals surface area (Å²) in [7, 11) is 3.93. The molecule has 0 bridgehead atoms. The summed E-state index contributed by atoms with van der Waals surface area (Å²) in [5.41, 5.74) is 1.01. The first kappa shape index (κ1) is 18.7. The number of hydrogen-bond donors (Lipinski definition) is 0. The van der Waals surface area contributed by atoms with Gasteiger partial charge in [0.25, 0.3) is 5.91 Å². The normalized spacial score (nSPS) is 14.5. The van der Waals surface area contributed by atoms with E-state index in [2.05, 4.69) is 16.9 Å². The van der Waals surface area contributed by atoms with Gasteiger partial charge < -0.3 is 19.0 Å². The van der Waals surface area contributed by atoms with E-state index in [1.807, 2.05) is 31.1 Å². The molecule has 3 heterocycles. The van der Waals surface area contributed by atoms with Crippen molar-refractivity contribution < 1.29 is 13.9 Å². The molecular formula is C18H24N4O3S. The second-order valence-corrected chi connectivity index (χ2v) is 7.15. The van der Waals surface area contributed by atoms with Crippen molar-refractivity contribution in [2.24, 2.45) is 0 Å². The summed E-state index contributed by atoms with van der Waals surface area (Å²) < 4.78 is 11.0. The molecule has 0 unspecified atom stereocenters. The van der Waals surface area contributed by atoms with Crippen molar-refractivity contribution in [3.8, 4) is 0 Å². The molecule has 0 atom stereocenters. The number of nitrogens with zero attached hydrogens (tertiary/aromatic N) is 4. The average molecular weight is 376 g/mol. The van der Waals surface area contributed by atoms with Crippen molar-refractivity contribution in [2.75, 3.05) is 45.3 Å². The Bertz CT molecular complexity index is 757. The first-order chi connectivity index (χ1) is 12.6. The smallest absolute Gasteiger partial charge is 0.289 e. The predicted molar refractivity (Wildman–Crippen MR) is 101 cm³/mol. The molecule has 1 saturated heterocycles. The molecular weight excluding hydrogens is 352 g/mol. The lowest BCUT2D eigenvalue weighted by Gasteiger charge is -2.25. The van der Waals surface area contributed by atoms with E-state index >= 15 is 0 Å². The highest BCUT2D eigenvalue weighted by atomic mass is 32.2. The standard InChI is InChI=1S/C18H24N4O3S/c1-4-13-11-16(21(2)3)20-18(19-13)26-12-14-5-6-15(25-14)17(23)22-7-9-24-10-8-22/h5-6,11H,4,7-10,12H2,1-3H3. The molecule has 1 fully saturated rings. The van der Waals surface area contributed by atoms with Crippen LogP contribution in [0.3, 0.4) is 0 Å². The Morgan fingerprint density at radius 2 is 2.04 bits per heavy atom. The third kappa shape index (κ3) is 4.56. The summed E-state index contributed by atoms with van der Waals surface area (Å²) in [5.74, 6) is 2.50. The van der Waals surface area contributed by atoms with Gasteiger partial charge in [-0.2, -0.15) is 0 Å². The van der Waals surface area contributed by atoms with Crippen molar-refractivity contribution in [3.05, 3.63) is 35.4 Å². The Labute approximate surface area is 157 Å². The number of furan rings is 1. The highest BCUT2D eigenvalue weighted by Crippen LogP contribution is 2.24. The van der Waals surface area contributed by atoms with Crippen LogP contribution in [0, 0.1) is 0 Å². The lowest BCUT2D eigenvalue weighted by Crippen LogP contribution is -2.40. The van der Waals surface area contributed by atoms with Crippen LogP contribution in [0.1, 0.15) is 28.9 Å². The number of carbonyl (C=O) groups excluding carboxylic acids is 1. The third-order valence-corrected chi connectivity index (χ3v) is 4.95. The number of aryl methyl sites for hydroxylation is 1. The fourth-order valence-corrected chi connectivity index (χ4v) is 3.33. The highest BCUT2D eigenvalue weighted by molar-refractivity contribution is 7.98. The Morgan fingerprint density at radius 1 is 1.27 bits per heavy atom. The number of carbonyl (C=O) groups is 1. The fourth-order valence-electron chi connectivity index (χ4n) is 2.56. The molecule has 0 spiro atoms. The number of thioether (sulfide) groups is 1. The summed E-state index contributed by atoms with van der Waals surface area (Å²) in [6, 6.07) is 5.58. The monoisotopic (exact) mass is 376 g/mol. The molecule has 1 aliphatic heterocycles. The van der Waals surface area contributed by atoms with E-state index in [-0.39, 0.29) is 5.91 Å². The minimum absolute atomic E-state index is 0.0799. The fraction of sp³-hybridized carbons (Fsp3) is 0.500. The molecule has 2 aromatic rings. The topological polar surface area (TPSA) is 71.7 Å². The van der Waals surface area contributed by atoms with Gasteiger partial charge in [0.2, 0.25) is 0 Å². The van der Waals surface area contributed by atoms with Gasteiger partial charge in [0, 0.05) is 38.9 Å². The van der Waals surface area contributed by atoms with Gasteiger partial charge in [0.15, 0.2) is 10.9 Å². The van der Waals surface area contributed by atoms with Crippen LogP contribution in [0.2, 0.25) is 0 Å². The van der Waals surface area contributed by atoms with Gasteiger partial charge in [-0.15, -0.1) is 0 Å². The van der Waals surface area contributed by atoms with Gasteiger partial charge in [-0.3, -0.25) is 4.79 Å². The van der Waals surface area contributed by atoms with E-state index in [4.69, 9.17) is 9.15 Å².